The van der Waals surface area contributed by atoms with Crippen molar-refractivity contribution in [3.8, 4) is 5.75 Å². The van der Waals surface area contributed by atoms with Crippen molar-refractivity contribution < 1.29 is 9.53 Å². The van der Waals surface area contributed by atoms with E-state index < -0.39 is 0 Å². The number of amides is 1. The summed E-state index contributed by atoms with van der Waals surface area (Å²) in [5.41, 5.74) is 0. The first-order valence-electron chi connectivity index (χ1n) is 6.11. The van der Waals surface area contributed by atoms with Crippen molar-refractivity contribution in [1.29, 1.82) is 0 Å². The quantitative estimate of drug-likeness (QED) is 0.841. The van der Waals surface area contributed by atoms with E-state index in [1.165, 1.54) is 0 Å². The van der Waals surface area contributed by atoms with Crippen LogP contribution in [0.3, 0.4) is 0 Å². The van der Waals surface area contributed by atoms with E-state index in [4.69, 9.17) is 4.74 Å². The molecule has 1 aromatic rings. The third-order valence-electron chi connectivity index (χ3n) is 2.82. The lowest BCUT2D eigenvalue weighted by Crippen LogP contribution is -2.47. The molecule has 1 saturated heterocycles. The highest BCUT2D eigenvalue weighted by molar-refractivity contribution is 9.10. The number of halogens is 1. The molecule has 0 aromatic heterocycles. The highest BCUT2D eigenvalue weighted by atomic mass is 79.9. The van der Waals surface area contributed by atoms with E-state index in [1.54, 1.807) is 0 Å². The van der Waals surface area contributed by atoms with Gasteiger partial charge in [-0.3, -0.25) is 9.69 Å². The Hall–Kier alpha value is -1.07. The normalized spacial score (nSPS) is 16.4. The third kappa shape index (κ3) is 4.31. The van der Waals surface area contributed by atoms with Gasteiger partial charge in [0.1, 0.15) is 5.75 Å². The van der Waals surface area contributed by atoms with Gasteiger partial charge in [0.2, 0.25) is 5.91 Å². The third-order valence-corrected chi connectivity index (χ3v) is 3.35. The zero-order chi connectivity index (χ0) is 12.8. The van der Waals surface area contributed by atoms with Gasteiger partial charge in [-0.25, -0.2) is 0 Å². The van der Waals surface area contributed by atoms with Crippen LogP contribution in [0.1, 0.15) is 6.42 Å². The van der Waals surface area contributed by atoms with Gasteiger partial charge in [-0.05, 0) is 30.7 Å². The van der Waals surface area contributed by atoms with E-state index in [2.05, 4.69) is 26.1 Å². The van der Waals surface area contributed by atoms with Gasteiger partial charge < -0.3 is 10.1 Å². The van der Waals surface area contributed by atoms with E-state index in [1.807, 2.05) is 24.3 Å². The molecule has 0 radical (unpaired) electrons. The minimum Gasteiger partial charge on any atom is -0.494 e. The second-order valence-electron chi connectivity index (χ2n) is 4.28. The summed E-state index contributed by atoms with van der Waals surface area (Å²) in [4.78, 5) is 13.3. The van der Waals surface area contributed by atoms with Crippen LogP contribution in [-0.2, 0) is 4.79 Å². The van der Waals surface area contributed by atoms with E-state index in [-0.39, 0.29) is 5.91 Å². The van der Waals surface area contributed by atoms with Crippen LogP contribution < -0.4 is 10.1 Å². The molecule has 2 rings (SSSR count). The van der Waals surface area contributed by atoms with Crippen LogP contribution in [0, 0.1) is 0 Å². The lowest BCUT2D eigenvalue weighted by molar-refractivity contribution is -0.124. The molecule has 98 valence electrons. The monoisotopic (exact) mass is 312 g/mol. The molecule has 1 aliphatic heterocycles. The van der Waals surface area contributed by atoms with Crippen LogP contribution in [0.5, 0.6) is 5.75 Å². The topological polar surface area (TPSA) is 41.6 Å². The van der Waals surface area contributed by atoms with Gasteiger partial charge in [0, 0.05) is 24.1 Å². The van der Waals surface area contributed by atoms with Crippen LogP contribution in [0.2, 0.25) is 0 Å². The summed E-state index contributed by atoms with van der Waals surface area (Å²) in [6.07, 6.45) is 0.934. The maximum atomic E-state index is 11.2. The van der Waals surface area contributed by atoms with Gasteiger partial charge in [0.05, 0.1) is 13.2 Å². The Morgan fingerprint density at radius 1 is 1.33 bits per heavy atom. The number of nitrogens with one attached hydrogen (secondary N) is 1. The van der Waals surface area contributed by atoms with Crippen molar-refractivity contribution in [2.24, 2.45) is 0 Å². The fraction of sp³-hybridized carbons (Fsp3) is 0.462. The molecule has 0 aliphatic carbocycles. The maximum Gasteiger partial charge on any atom is 0.234 e. The average Bonchev–Trinajstić information content (AvgIpc) is 2.37. The summed E-state index contributed by atoms with van der Waals surface area (Å²) >= 11 is 3.38. The molecule has 0 unspecified atom stereocenters. The number of hydrogen-bond acceptors (Lipinski definition) is 3. The molecule has 0 saturated carbocycles. The van der Waals surface area contributed by atoms with Crippen LogP contribution in [0.25, 0.3) is 0 Å². The number of hydrogen-bond donors (Lipinski definition) is 1. The first-order chi connectivity index (χ1) is 8.74. The molecule has 1 N–H and O–H groups in total. The molecule has 1 aromatic carbocycles. The average molecular weight is 313 g/mol. The molecule has 0 bridgehead atoms. The van der Waals surface area contributed by atoms with Gasteiger partial charge in [-0.15, -0.1) is 0 Å². The number of carbonyl (C=O) groups excluding carboxylic acids is 1. The van der Waals surface area contributed by atoms with Crippen molar-refractivity contribution in [3.63, 3.8) is 0 Å². The largest absolute Gasteiger partial charge is 0.494 e. The lowest BCUT2D eigenvalue weighted by Gasteiger charge is -2.26. The summed E-state index contributed by atoms with van der Waals surface area (Å²) in [6.45, 7) is 3.79. The molecule has 4 nitrogen and oxygen atoms in total. The second kappa shape index (κ2) is 6.75. The molecular formula is C13H17BrN2O2. The fourth-order valence-corrected chi connectivity index (χ4v) is 2.16. The predicted octanol–water partition coefficient (Wildman–Crippen LogP) is 1.65. The Balaban J connectivity index is 1.63. The molecular weight excluding hydrogens is 296 g/mol. The molecule has 0 atom stereocenters. The Morgan fingerprint density at radius 3 is 2.83 bits per heavy atom. The molecule has 0 spiro atoms. The second-order valence-corrected chi connectivity index (χ2v) is 5.20. The van der Waals surface area contributed by atoms with Gasteiger partial charge in [0.15, 0.2) is 0 Å². The van der Waals surface area contributed by atoms with E-state index in [0.717, 1.165) is 36.3 Å². The Bertz CT molecular complexity index is 394. The van der Waals surface area contributed by atoms with Crippen molar-refractivity contribution in [2.75, 3.05) is 32.8 Å². The van der Waals surface area contributed by atoms with Crippen molar-refractivity contribution in [2.45, 2.75) is 6.42 Å². The molecule has 5 heteroatoms. The zero-order valence-electron chi connectivity index (χ0n) is 10.2. The number of nitrogens with zero attached hydrogens (tertiary/aromatic N) is 1. The highest BCUT2D eigenvalue weighted by Gasteiger charge is 2.14. The number of rotatable bonds is 5. The zero-order valence-corrected chi connectivity index (χ0v) is 11.8. The first-order valence-corrected chi connectivity index (χ1v) is 6.91. The van der Waals surface area contributed by atoms with E-state index >= 15 is 0 Å². The van der Waals surface area contributed by atoms with Crippen molar-refractivity contribution in [3.05, 3.63) is 28.7 Å². The van der Waals surface area contributed by atoms with Gasteiger partial charge in [-0.2, -0.15) is 0 Å². The van der Waals surface area contributed by atoms with Crippen molar-refractivity contribution >= 4 is 21.8 Å². The summed E-state index contributed by atoms with van der Waals surface area (Å²) in [5.74, 6) is 1.00. The Morgan fingerprint density at radius 2 is 2.11 bits per heavy atom. The highest BCUT2D eigenvalue weighted by Crippen LogP contribution is 2.16. The number of carbonyl (C=O) groups is 1. The first kappa shape index (κ1) is 13.4. The number of piperazine rings is 1. The smallest absolute Gasteiger partial charge is 0.234 e. The minimum atomic E-state index is 0.120. The number of ether oxygens (including phenoxy) is 1. The molecule has 18 heavy (non-hydrogen) atoms. The summed E-state index contributed by atoms with van der Waals surface area (Å²) in [6, 6.07) is 7.81. The van der Waals surface area contributed by atoms with Crippen LogP contribution in [0.4, 0.5) is 0 Å². The van der Waals surface area contributed by atoms with Gasteiger partial charge in [0.25, 0.3) is 0 Å². The van der Waals surface area contributed by atoms with E-state index in [9.17, 15) is 4.79 Å². The molecule has 1 amide bonds. The summed E-state index contributed by atoms with van der Waals surface area (Å²) < 4.78 is 6.68. The molecule has 1 fully saturated rings. The predicted molar refractivity (Wildman–Crippen MR) is 73.7 cm³/mol. The van der Waals surface area contributed by atoms with Gasteiger partial charge >= 0.3 is 0 Å². The Labute approximate surface area is 115 Å². The van der Waals surface area contributed by atoms with Crippen LogP contribution in [0.15, 0.2) is 28.7 Å². The lowest BCUT2D eigenvalue weighted by atomic mass is 10.3. The maximum absolute atomic E-state index is 11.2. The minimum absolute atomic E-state index is 0.120. The standard InChI is InChI=1S/C13H17BrN2O2/c14-11-2-4-12(5-3-11)18-9-1-7-16-8-6-15-13(17)10-16/h2-5H,1,6-10H2,(H,15,17). The van der Waals surface area contributed by atoms with Crippen LogP contribution in [-0.4, -0.2) is 43.6 Å². The number of benzene rings is 1. The molecule has 1 heterocycles. The SMILES string of the molecule is O=C1CN(CCCOc2ccc(Br)cc2)CCN1. The summed E-state index contributed by atoms with van der Waals surface area (Å²) in [5, 5.41) is 2.82. The van der Waals surface area contributed by atoms with E-state index in [0.29, 0.717) is 13.2 Å². The van der Waals surface area contributed by atoms with Crippen LogP contribution >= 0.6 is 15.9 Å². The summed E-state index contributed by atoms with van der Waals surface area (Å²) in [7, 11) is 0. The van der Waals surface area contributed by atoms with Crippen molar-refractivity contribution in [1.82, 2.24) is 10.2 Å². The Kier molecular flexibility index (Phi) is 5.01. The molecule has 1 aliphatic rings. The fourth-order valence-electron chi connectivity index (χ4n) is 1.89. The van der Waals surface area contributed by atoms with Gasteiger partial charge in [-0.1, -0.05) is 15.9 Å².